The Morgan fingerprint density at radius 1 is 1.26 bits per heavy atom. The lowest BCUT2D eigenvalue weighted by atomic mass is 9.96. The molecule has 0 fully saturated rings. The van der Waals surface area contributed by atoms with E-state index in [1.807, 2.05) is 0 Å². The summed E-state index contributed by atoms with van der Waals surface area (Å²) in [5, 5.41) is 9.28. The molecule has 0 aromatic heterocycles. The van der Waals surface area contributed by atoms with Crippen molar-refractivity contribution < 1.29 is 19.0 Å². The number of hydrogen-bond donors (Lipinski definition) is 1. The first-order valence-corrected chi connectivity index (χ1v) is 5.71. The van der Waals surface area contributed by atoms with Gasteiger partial charge in [-0.1, -0.05) is 24.3 Å². The Hall–Kier alpha value is -2.36. The SMILES string of the molecule is COc1cc(-c2cccc(C)c2C(=O)O)ccc1F. The number of aryl methyl sites for hydroxylation is 1. The molecule has 0 bridgehead atoms. The van der Waals surface area contributed by atoms with E-state index in [0.717, 1.165) is 0 Å². The van der Waals surface area contributed by atoms with Gasteiger partial charge in [0.25, 0.3) is 0 Å². The monoisotopic (exact) mass is 260 g/mol. The van der Waals surface area contributed by atoms with Crippen LogP contribution in [0.15, 0.2) is 36.4 Å². The first-order valence-electron chi connectivity index (χ1n) is 5.71. The van der Waals surface area contributed by atoms with Gasteiger partial charge in [-0.3, -0.25) is 0 Å². The first kappa shape index (κ1) is 13.1. The lowest BCUT2D eigenvalue weighted by Gasteiger charge is -2.10. The van der Waals surface area contributed by atoms with Gasteiger partial charge in [0.1, 0.15) is 0 Å². The Labute approximate surface area is 110 Å². The number of aromatic carboxylic acids is 1. The molecule has 0 saturated heterocycles. The molecule has 2 aromatic rings. The molecular formula is C15H13FO3. The normalized spacial score (nSPS) is 10.3. The van der Waals surface area contributed by atoms with Gasteiger partial charge in [0, 0.05) is 0 Å². The smallest absolute Gasteiger partial charge is 0.336 e. The highest BCUT2D eigenvalue weighted by atomic mass is 19.1. The maximum Gasteiger partial charge on any atom is 0.336 e. The van der Waals surface area contributed by atoms with E-state index >= 15 is 0 Å². The molecule has 3 nitrogen and oxygen atoms in total. The number of carboxylic acids is 1. The molecule has 98 valence electrons. The Morgan fingerprint density at radius 3 is 2.63 bits per heavy atom. The van der Waals surface area contributed by atoms with Crippen LogP contribution in [-0.4, -0.2) is 18.2 Å². The molecule has 0 aliphatic rings. The summed E-state index contributed by atoms with van der Waals surface area (Å²) in [6.45, 7) is 1.73. The van der Waals surface area contributed by atoms with Gasteiger partial charge in [-0.25, -0.2) is 9.18 Å². The van der Waals surface area contributed by atoms with Crippen molar-refractivity contribution in [2.24, 2.45) is 0 Å². The zero-order valence-electron chi connectivity index (χ0n) is 10.6. The highest BCUT2D eigenvalue weighted by Crippen LogP contribution is 2.30. The first-order chi connectivity index (χ1) is 9.04. The summed E-state index contributed by atoms with van der Waals surface area (Å²) in [5.41, 5.74) is 2.04. The summed E-state index contributed by atoms with van der Waals surface area (Å²) < 4.78 is 18.3. The molecule has 0 amide bonds. The van der Waals surface area contributed by atoms with Gasteiger partial charge in [-0.05, 0) is 35.7 Å². The third-order valence-corrected chi connectivity index (χ3v) is 2.95. The largest absolute Gasteiger partial charge is 0.494 e. The van der Waals surface area contributed by atoms with Gasteiger partial charge in [-0.15, -0.1) is 0 Å². The van der Waals surface area contributed by atoms with E-state index in [0.29, 0.717) is 16.7 Å². The summed E-state index contributed by atoms with van der Waals surface area (Å²) in [4.78, 5) is 11.3. The topological polar surface area (TPSA) is 46.5 Å². The maximum atomic E-state index is 13.4. The summed E-state index contributed by atoms with van der Waals surface area (Å²) in [7, 11) is 1.37. The molecule has 0 saturated carbocycles. The lowest BCUT2D eigenvalue weighted by molar-refractivity contribution is 0.0697. The zero-order valence-corrected chi connectivity index (χ0v) is 10.6. The van der Waals surface area contributed by atoms with Crippen LogP contribution >= 0.6 is 0 Å². The molecule has 1 N–H and O–H groups in total. The number of halogens is 1. The average Bonchev–Trinajstić information content (AvgIpc) is 2.38. The van der Waals surface area contributed by atoms with Gasteiger partial charge in [-0.2, -0.15) is 0 Å². The summed E-state index contributed by atoms with van der Waals surface area (Å²) in [6, 6.07) is 9.50. The number of carbonyl (C=O) groups is 1. The standard InChI is InChI=1S/C15H13FO3/c1-9-4-3-5-11(14(9)15(17)18)10-6-7-12(16)13(8-10)19-2/h3-8H,1-2H3,(H,17,18). The van der Waals surface area contributed by atoms with Crippen molar-refractivity contribution in [1.29, 1.82) is 0 Å². The Kier molecular flexibility index (Phi) is 3.51. The molecule has 0 spiro atoms. The van der Waals surface area contributed by atoms with Crippen LogP contribution in [0.2, 0.25) is 0 Å². The molecular weight excluding hydrogens is 247 g/mol. The Morgan fingerprint density at radius 2 is 2.00 bits per heavy atom. The van der Waals surface area contributed by atoms with Crippen LogP contribution < -0.4 is 4.74 Å². The number of carboxylic acid groups (broad SMARTS) is 1. The highest BCUT2D eigenvalue weighted by molar-refractivity contribution is 5.97. The molecule has 0 unspecified atom stereocenters. The van der Waals surface area contributed by atoms with Crippen molar-refractivity contribution in [3.05, 3.63) is 53.3 Å². The minimum Gasteiger partial charge on any atom is -0.494 e. The molecule has 0 atom stereocenters. The number of rotatable bonds is 3. The van der Waals surface area contributed by atoms with Crippen molar-refractivity contribution in [3.63, 3.8) is 0 Å². The van der Waals surface area contributed by atoms with E-state index in [4.69, 9.17) is 4.74 Å². The van der Waals surface area contributed by atoms with Gasteiger partial charge in [0.05, 0.1) is 12.7 Å². The molecule has 0 radical (unpaired) electrons. The van der Waals surface area contributed by atoms with E-state index in [1.54, 1.807) is 31.2 Å². The third kappa shape index (κ3) is 2.42. The molecule has 4 heteroatoms. The van der Waals surface area contributed by atoms with Gasteiger partial charge < -0.3 is 9.84 Å². The van der Waals surface area contributed by atoms with Crippen molar-refractivity contribution in [2.45, 2.75) is 6.92 Å². The number of hydrogen-bond acceptors (Lipinski definition) is 2. The highest BCUT2D eigenvalue weighted by Gasteiger charge is 2.15. The summed E-state index contributed by atoms with van der Waals surface area (Å²) >= 11 is 0. The second kappa shape index (κ2) is 5.10. The molecule has 0 aliphatic carbocycles. The molecule has 2 aromatic carbocycles. The fourth-order valence-corrected chi connectivity index (χ4v) is 2.02. The van der Waals surface area contributed by atoms with Crippen LogP contribution in [0, 0.1) is 12.7 Å². The van der Waals surface area contributed by atoms with Crippen LogP contribution in [0.4, 0.5) is 4.39 Å². The number of benzene rings is 2. The maximum absolute atomic E-state index is 13.4. The van der Waals surface area contributed by atoms with Gasteiger partial charge in [0.2, 0.25) is 0 Å². The second-order valence-electron chi connectivity index (χ2n) is 4.15. The summed E-state index contributed by atoms with van der Waals surface area (Å²) in [5.74, 6) is -1.39. The molecule has 0 aliphatic heterocycles. The van der Waals surface area contributed by atoms with Crippen molar-refractivity contribution in [1.82, 2.24) is 0 Å². The van der Waals surface area contributed by atoms with E-state index in [1.165, 1.54) is 19.2 Å². The Bertz CT molecular complexity index is 635. The lowest BCUT2D eigenvalue weighted by Crippen LogP contribution is -2.02. The number of methoxy groups -OCH3 is 1. The Balaban J connectivity index is 2.65. The van der Waals surface area contributed by atoms with E-state index in [-0.39, 0.29) is 11.3 Å². The molecule has 19 heavy (non-hydrogen) atoms. The quantitative estimate of drug-likeness (QED) is 0.918. The van der Waals surface area contributed by atoms with Crippen LogP contribution in [-0.2, 0) is 0 Å². The third-order valence-electron chi connectivity index (χ3n) is 2.95. The fraction of sp³-hybridized carbons (Fsp3) is 0.133. The predicted molar refractivity (Wildman–Crippen MR) is 70.1 cm³/mol. The van der Waals surface area contributed by atoms with Crippen molar-refractivity contribution >= 4 is 5.97 Å². The van der Waals surface area contributed by atoms with E-state index in [9.17, 15) is 14.3 Å². The van der Waals surface area contributed by atoms with Gasteiger partial charge in [0.15, 0.2) is 11.6 Å². The predicted octanol–water partition coefficient (Wildman–Crippen LogP) is 3.51. The second-order valence-corrected chi connectivity index (χ2v) is 4.15. The van der Waals surface area contributed by atoms with Crippen LogP contribution in [0.1, 0.15) is 15.9 Å². The van der Waals surface area contributed by atoms with Gasteiger partial charge >= 0.3 is 5.97 Å². The summed E-state index contributed by atoms with van der Waals surface area (Å²) in [6.07, 6.45) is 0. The van der Waals surface area contributed by atoms with E-state index < -0.39 is 11.8 Å². The van der Waals surface area contributed by atoms with Crippen molar-refractivity contribution in [3.8, 4) is 16.9 Å². The van der Waals surface area contributed by atoms with Crippen LogP contribution in [0.3, 0.4) is 0 Å². The zero-order chi connectivity index (χ0) is 14.0. The number of ether oxygens (including phenoxy) is 1. The van der Waals surface area contributed by atoms with E-state index in [2.05, 4.69) is 0 Å². The van der Waals surface area contributed by atoms with Crippen molar-refractivity contribution in [2.75, 3.05) is 7.11 Å². The molecule has 0 heterocycles. The fourth-order valence-electron chi connectivity index (χ4n) is 2.02. The van der Waals surface area contributed by atoms with Crippen LogP contribution in [0.25, 0.3) is 11.1 Å². The van der Waals surface area contributed by atoms with Crippen LogP contribution in [0.5, 0.6) is 5.75 Å². The molecule has 2 rings (SSSR count). The minimum atomic E-state index is -1.00. The average molecular weight is 260 g/mol. The minimum absolute atomic E-state index is 0.0929.